The Kier molecular flexibility index (Phi) is 4.35. The Hall–Kier alpha value is -2.08. The number of methoxy groups -OCH3 is 2. The summed E-state index contributed by atoms with van der Waals surface area (Å²) in [6, 6.07) is 5.46. The largest absolute Gasteiger partial charge is 0.493 e. The molecule has 0 bridgehead atoms. The van der Waals surface area contributed by atoms with E-state index in [2.05, 4.69) is 10.1 Å². The summed E-state index contributed by atoms with van der Waals surface area (Å²) < 4.78 is 15.6. The molecule has 0 atom stereocenters. The van der Waals surface area contributed by atoms with Crippen molar-refractivity contribution >= 4 is 0 Å². The minimum Gasteiger partial charge on any atom is -0.493 e. The van der Waals surface area contributed by atoms with E-state index in [0.717, 1.165) is 12.0 Å². The Labute approximate surface area is 111 Å². The predicted octanol–water partition coefficient (Wildman–Crippen LogP) is 1.65. The maximum absolute atomic E-state index is 5.45. The zero-order valence-electron chi connectivity index (χ0n) is 11.0. The van der Waals surface area contributed by atoms with Crippen LogP contribution in [0.3, 0.4) is 0 Å². The number of aryl methyl sites for hydroxylation is 1. The molecule has 0 spiro atoms. The van der Waals surface area contributed by atoms with Crippen molar-refractivity contribution in [3.05, 3.63) is 24.0 Å². The van der Waals surface area contributed by atoms with Crippen LogP contribution in [0.5, 0.6) is 11.5 Å². The van der Waals surface area contributed by atoms with Crippen LogP contribution in [0.4, 0.5) is 0 Å². The van der Waals surface area contributed by atoms with Crippen molar-refractivity contribution in [1.82, 2.24) is 10.1 Å². The summed E-state index contributed by atoms with van der Waals surface area (Å²) in [5, 5.41) is 3.91. The van der Waals surface area contributed by atoms with Crippen LogP contribution in [0.1, 0.15) is 12.2 Å². The third-order valence-corrected chi connectivity index (χ3v) is 2.70. The SMILES string of the molecule is COc1ccc(-c2nc(CCCN)no2)cc1OC. The molecular formula is C13H17N3O3. The van der Waals surface area contributed by atoms with Crippen LogP contribution in [0.2, 0.25) is 0 Å². The molecule has 0 unspecified atom stereocenters. The Morgan fingerprint density at radius 1 is 1.21 bits per heavy atom. The number of ether oxygens (including phenoxy) is 2. The Morgan fingerprint density at radius 2 is 2.00 bits per heavy atom. The van der Waals surface area contributed by atoms with E-state index < -0.39 is 0 Å². The third-order valence-electron chi connectivity index (χ3n) is 2.70. The maximum Gasteiger partial charge on any atom is 0.258 e. The second-order valence-corrected chi connectivity index (χ2v) is 3.98. The molecule has 0 saturated heterocycles. The van der Waals surface area contributed by atoms with Gasteiger partial charge in [-0.25, -0.2) is 0 Å². The summed E-state index contributed by atoms with van der Waals surface area (Å²) in [4.78, 5) is 4.32. The van der Waals surface area contributed by atoms with Crippen LogP contribution in [0.25, 0.3) is 11.5 Å². The van der Waals surface area contributed by atoms with Gasteiger partial charge in [-0.2, -0.15) is 4.98 Å². The van der Waals surface area contributed by atoms with Crippen molar-refractivity contribution in [2.75, 3.05) is 20.8 Å². The molecule has 0 aliphatic rings. The van der Waals surface area contributed by atoms with E-state index in [0.29, 0.717) is 36.2 Å². The fourth-order valence-corrected chi connectivity index (χ4v) is 1.70. The molecule has 1 heterocycles. The Bertz CT molecular complexity index is 540. The molecule has 0 saturated carbocycles. The minimum atomic E-state index is 0.466. The zero-order chi connectivity index (χ0) is 13.7. The van der Waals surface area contributed by atoms with E-state index in [-0.39, 0.29) is 0 Å². The number of nitrogens with two attached hydrogens (primary N) is 1. The summed E-state index contributed by atoms with van der Waals surface area (Å²) in [6.07, 6.45) is 1.55. The van der Waals surface area contributed by atoms with Crippen LogP contribution in [-0.2, 0) is 6.42 Å². The van der Waals surface area contributed by atoms with Gasteiger partial charge in [-0.1, -0.05) is 5.16 Å². The highest BCUT2D eigenvalue weighted by Gasteiger charge is 2.12. The zero-order valence-corrected chi connectivity index (χ0v) is 11.0. The number of rotatable bonds is 6. The Balaban J connectivity index is 2.23. The molecule has 0 aliphatic heterocycles. The smallest absolute Gasteiger partial charge is 0.258 e. The summed E-state index contributed by atoms with van der Waals surface area (Å²) in [7, 11) is 3.18. The fourth-order valence-electron chi connectivity index (χ4n) is 1.70. The molecule has 2 aromatic rings. The lowest BCUT2D eigenvalue weighted by molar-refractivity contribution is 0.355. The van der Waals surface area contributed by atoms with E-state index in [4.69, 9.17) is 19.7 Å². The van der Waals surface area contributed by atoms with Gasteiger partial charge in [-0.15, -0.1) is 0 Å². The summed E-state index contributed by atoms with van der Waals surface area (Å²) in [5.41, 5.74) is 6.24. The van der Waals surface area contributed by atoms with E-state index in [1.54, 1.807) is 26.4 Å². The first-order chi connectivity index (χ1) is 9.28. The van der Waals surface area contributed by atoms with E-state index in [9.17, 15) is 0 Å². The van der Waals surface area contributed by atoms with Crippen molar-refractivity contribution < 1.29 is 14.0 Å². The first-order valence-corrected chi connectivity index (χ1v) is 6.03. The van der Waals surface area contributed by atoms with Crippen LogP contribution < -0.4 is 15.2 Å². The molecule has 0 fully saturated rings. The van der Waals surface area contributed by atoms with Crippen molar-refractivity contribution in [2.24, 2.45) is 5.73 Å². The highest BCUT2D eigenvalue weighted by molar-refractivity contribution is 5.59. The van der Waals surface area contributed by atoms with Gasteiger partial charge in [0.2, 0.25) is 0 Å². The number of hydrogen-bond acceptors (Lipinski definition) is 6. The lowest BCUT2D eigenvalue weighted by Crippen LogP contribution is -2.01. The predicted molar refractivity (Wildman–Crippen MR) is 70.2 cm³/mol. The van der Waals surface area contributed by atoms with E-state index in [1.165, 1.54) is 0 Å². The quantitative estimate of drug-likeness (QED) is 0.853. The fraction of sp³-hybridized carbons (Fsp3) is 0.385. The molecule has 102 valence electrons. The maximum atomic E-state index is 5.45. The lowest BCUT2D eigenvalue weighted by Gasteiger charge is -2.07. The summed E-state index contributed by atoms with van der Waals surface area (Å²) >= 11 is 0. The number of aromatic nitrogens is 2. The van der Waals surface area contributed by atoms with Crippen LogP contribution >= 0.6 is 0 Å². The average Bonchev–Trinajstić information content (AvgIpc) is 2.93. The molecule has 6 heteroatoms. The molecule has 1 aromatic carbocycles. The first kappa shape index (κ1) is 13.4. The van der Waals surface area contributed by atoms with Crippen LogP contribution in [0.15, 0.2) is 22.7 Å². The van der Waals surface area contributed by atoms with Gasteiger partial charge in [-0.3, -0.25) is 0 Å². The molecule has 0 aliphatic carbocycles. The van der Waals surface area contributed by atoms with Gasteiger partial charge in [0.1, 0.15) is 0 Å². The highest BCUT2D eigenvalue weighted by atomic mass is 16.5. The van der Waals surface area contributed by atoms with Gasteiger partial charge >= 0.3 is 0 Å². The van der Waals surface area contributed by atoms with Crippen molar-refractivity contribution in [3.8, 4) is 23.0 Å². The molecule has 1 aromatic heterocycles. The first-order valence-electron chi connectivity index (χ1n) is 6.03. The van der Waals surface area contributed by atoms with Gasteiger partial charge in [0.15, 0.2) is 17.3 Å². The number of nitrogens with zero attached hydrogens (tertiary/aromatic N) is 2. The summed E-state index contributed by atoms with van der Waals surface area (Å²) in [6.45, 7) is 0.611. The van der Waals surface area contributed by atoms with Crippen LogP contribution in [-0.4, -0.2) is 30.9 Å². The van der Waals surface area contributed by atoms with Gasteiger partial charge in [-0.05, 0) is 31.2 Å². The van der Waals surface area contributed by atoms with Crippen molar-refractivity contribution in [1.29, 1.82) is 0 Å². The van der Waals surface area contributed by atoms with Crippen molar-refractivity contribution in [2.45, 2.75) is 12.8 Å². The van der Waals surface area contributed by atoms with Gasteiger partial charge < -0.3 is 19.7 Å². The van der Waals surface area contributed by atoms with E-state index in [1.807, 2.05) is 6.07 Å². The minimum absolute atomic E-state index is 0.466. The van der Waals surface area contributed by atoms with Crippen molar-refractivity contribution in [3.63, 3.8) is 0 Å². The highest BCUT2D eigenvalue weighted by Crippen LogP contribution is 2.31. The second kappa shape index (κ2) is 6.19. The summed E-state index contributed by atoms with van der Waals surface area (Å²) in [5.74, 6) is 2.42. The Morgan fingerprint density at radius 3 is 2.68 bits per heavy atom. The second-order valence-electron chi connectivity index (χ2n) is 3.98. The standard InChI is InChI=1S/C13H17N3O3/c1-17-10-6-5-9(8-11(10)18-2)13-15-12(16-19-13)4-3-7-14/h5-6,8H,3-4,7,14H2,1-2H3. The number of benzene rings is 1. The number of hydrogen-bond donors (Lipinski definition) is 1. The topological polar surface area (TPSA) is 83.4 Å². The molecule has 2 N–H and O–H groups in total. The van der Waals surface area contributed by atoms with Crippen LogP contribution in [0, 0.1) is 0 Å². The molecule has 0 amide bonds. The molecule has 0 radical (unpaired) electrons. The van der Waals surface area contributed by atoms with Gasteiger partial charge in [0, 0.05) is 12.0 Å². The average molecular weight is 263 g/mol. The van der Waals surface area contributed by atoms with Gasteiger partial charge in [0.05, 0.1) is 14.2 Å². The molecular weight excluding hydrogens is 246 g/mol. The van der Waals surface area contributed by atoms with Gasteiger partial charge in [0.25, 0.3) is 5.89 Å². The molecule has 19 heavy (non-hydrogen) atoms. The molecule has 2 rings (SSSR count). The lowest BCUT2D eigenvalue weighted by atomic mass is 10.2. The monoisotopic (exact) mass is 263 g/mol. The normalized spacial score (nSPS) is 10.5. The molecule has 6 nitrogen and oxygen atoms in total. The third kappa shape index (κ3) is 3.03. The van der Waals surface area contributed by atoms with E-state index >= 15 is 0 Å².